The van der Waals surface area contributed by atoms with Crippen LogP contribution in [0, 0.1) is 11.6 Å². The third kappa shape index (κ3) is 3.59. The third-order valence-corrected chi connectivity index (χ3v) is 4.74. The Bertz CT molecular complexity index is 474. The van der Waals surface area contributed by atoms with Gasteiger partial charge >= 0.3 is 0 Å². The monoisotopic (exact) mass is 295 g/mol. The summed E-state index contributed by atoms with van der Waals surface area (Å²) in [5.41, 5.74) is 6.63. The molecule has 0 bridgehead atoms. The summed E-state index contributed by atoms with van der Waals surface area (Å²) in [7, 11) is 0. The molecule has 3 rings (SSSR count). The summed E-state index contributed by atoms with van der Waals surface area (Å²) in [5, 5.41) is 0. The van der Waals surface area contributed by atoms with E-state index in [1.54, 1.807) is 0 Å². The van der Waals surface area contributed by atoms with Gasteiger partial charge in [0.15, 0.2) is 0 Å². The van der Waals surface area contributed by atoms with Gasteiger partial charge in [0.05, 0.1) is 0 Å². The maximum Gasteiger partial charge on any atom is 0.126 e. The Balaban J connectivity index is 1.52. The lowest BCUT2D eigenvalue weighted by molar-refractivity contribution is 0.102. The number of hydrogen-bond donors (Lipinski definition) is 1. The Morgan fingerprint density at radius 2 is 1.90 bits per heavy atom. The molecule has 21 heavy (non-hydrogen) atoms. The van der Waals surface area contributed by atoms with E-state index in [0.717, 1.165) is 38.7 Å². The zero-order valence-corrected chi connectivity index (χ0v) is 12.3. The van der Waals surface area contributed by atoms with Crippen molar-refractivity contribution >= 4 is 0 Å². The predicted molar refractivity (Wildman–Crippen MR) is 78.9 cm³/mol. The molecular formula is C16H23F2N3. The highest BCUT2D eigenvalue weighted by atomic mass is 19.1. The van der Waals surface area contributed by atoms with Crippen molar-refractivity contribution in [2.75, 3.05) is 32.7 Å². The molecule has 2 atom stereocenters. The zero-order chi connectivity index (χ0) is 14.8. The molecule has 2 aliphatic rings. The van der Waals surface area contributed by atoms with Crippen molar-refractivity contribution < 1.29 is 8.78 Å². The van der Waals surface area contributed by atoms with Crippen molar-refractivity contribution in [1.82, 2.24) is 9.80 Å². The molecule has 0 radical (unpaired) electrons. The molecule has 116 valence electrons. The lowest BCUT2D eigenvalue weighted by atomic mass is 10.0. The Hall–Kier alpha value is -1.04. The van der Waals surface area contributed by atoms with Gasteiger partial charge in [-0.25, -0.2) is 8.78 Å². The first-order chi connectivity index (χ1) is 10.1. The summed E-state index contributed by atoms with van der Waals surface area (Å²) in [6, 6.07) is 3.94. The number of fused-ring (bicyclic) bond motifs is 1. The molecule has 2 N–H and O–H groups in total. The molecule has 2 aliphatic heterocycles. The molecule has 0 saturated carbocycles. The van der Waals surface area contributed by atoms with E-state index in [1.165, 1.54) is 31.5 Å². The predicted octanol–water partition coefficient (Wildman–Crippen LogP) is 2.13. The van der Waals surface area contributed by atoms with Crippen molar-refractivity contribution in [2.24, 2.45) is 5.73 Å². The Morgan fingerprint density at radius 3 is 2.67 bits per heavy atom. The van der Waals surface area contributed by atoms with Gasteiger partial charge in [0, 0.05) is 44.3 Å². The number of hydrogen-bond acceptors (Lipinski definition) is 3. The van der Waals surface area contributed by atoms with Gasteiger partial charge in [0.2, 0.25) is 0 Å². The summed E-state index contributed by atoms with van der Waals surface area (Å²) >= 11 is 0. The van der Waals surface area contributed by atoms with Crippen LogP contribution in [0.4, 0.5) is 8.78 Å². The zero-order valence-electron chi connectivity index (χ0n) is 12.3. The first-order valence-electron chi connectivity index (χ1n) is 7.80. The average Bonchev–Trinajstić information content (AvgIpc) is 2.91. The van der Waals surface area contributed by atoms with Gasteiger partial charge in [-0.05, 0) is 43.5 Å². The first kappa shape index (κ1) is 14.9. The van der Waals surface area contributed by atoms with Crippen molar-refractivity contribution in [3.05, 3.63) is 35.4 Å². The summed E-state index contributed by atoms with van der Waals surface area (Å²) < 4.78 is 26.4. The summed E-state index contributed by atoms with van der Waals surface area (Å²) in [4.78, 5) is 5.00. The molecule has 1 aromatic carbocycles. The molecule has 2 saturated heterocycles. The molecule has 3 nitrogen and oxygen atoms in total. The number of nitrogens with zero attached hydrogens (tertiary/aromatic N) is 2. The summed E-state index contributed by atoms with van der Waals surface area (Å²) in [6.45, 7) is 5.43. The summed E-state index contributed by atoms with van der Waals surface area (Å²) in [5.74, 6) is -1.11. The fraction of sp³-hybridized carbons (Fsp3) is 0.625. The average molecular weight is 295 g/mol. The Morgan fingerprint density at radius 1 is 1.14 bits per heavy atom. The molecule has 0 aliphatic carbocycles. The lowest BCUT2D eigenvalue weighted by Crippen LogP contribution is -2.50. The number of benzene rings is 1. The van der Waals surface area contributed by atoms with Gasteiger partial charge in [-0.2, -0.15) is 0 Å². The molecule has 1 aromatic rings. The second kappa shape index (κ2) is 6.38. The van der Waals surface area contributed by atoms with E-state index in [-0.39, 0.29) is 6.04 Å². The molecule has 2 heterocycles. The Labute approximate surface area is 124 Å². The number of halogens is 2. The van der Waals surface area contributed by atoms with Crippen LogP contribution in [0.2, 0.25) is 0 Å². The highest BCUT2D eigenvalue weighted by Gasteiger charge is 2.30. The van der Waals surface area contributed by atoms with E-state index in [4.69, 9.17) is 5.73 Å². The summed E-state index contributed by atoms with van der Waals surface area (Å²) in [6.07, 6.45) is 3.33. The molecule has 0 spiro atoms. The number of nitrogens with two attached hydrogens (primary N) is 1. The quantitative estimate of drug-likeness (QED) is 0.923. The van der Waals surface area contributed by atoms with E-state index >= 15 is 0 Å². The van der Waals surface area contributed by atoms with Crippen molar-refractivity contribution in [3.63, 3.8) is 0 Å². The van der Waals surface area contributed by atoms with Gasteiger partial charge in [-0.1, -0.05) is 0 Å². The van der Waals surface area contributed by atoms with Crippen LogP contribution in [-0.4, -0.2) is 48.6 Å². The minimum absolute atomic E-state index is 0.309. The SMILES string of the molecule is NC(CCN1CCN2CCCC2C1)c1cc(F)cc(F)c1. The highest BCUT2D eigenvalue weighted by molar-refractivity contribution is 5.21. The second-order valence-electron chi connectivity index (χ2n) is 6.23. The molecular weight excluding hydrogens is 272 g/mol. The molecule has 2 fully saturated rings. The van der Waals surface area contributed by atoms with Gasteiger partial charge in [-0.3, -0.25) is 4.90 Å². The fourth-order valence-electron chi connectivity index (χ4n) is 3.54. The minimum Gasteiger partial charge on any atom is -0.324 e. The molecule has 2 unspecified atom stereocenters. The van der Waals surface area contributed by atoms with Crippen molar-refractivity contribution in [1.29, 1.82) is 0 Å². The molecule has 5 heteroatoms. The van der Waals surface area contributed by atoms with E-state index in [0.29, 0.717) is 11.6 Å². The van der Waals surface area contributed by atoms with Crippen LogP contribution in [-0.2, 0) is 0 Å². The smallest absolute Gasteiger partial charge is 0.126 e. The molecule has 0 aromatic heterocycles. The van der Waals surface area contributed by atoms with E-state index in [1.807, 2.05) is 0 Å². The lowest BCUT2D eigenvalue weighted by Gasteiger charge is -2.37. The Kier molecular flexibility index (Phi) is 4.52. The van der Waals surface area contributed by atoms with Crippen LogP contribution in [0.15, 0.2) is 18.2 Å². The standard InChI is InChI=1S/C16H23F2N3/c17-13-8-12(9-14(18)10-13)16(19)3-5-20-6-7-21-4-1-2-15(21)11-20/h8-10,15-16H,1-7,11,19H2. The highest BCUT2D eigenvalue weighted by Crippen LogP contribution is 2.23. The largest absolute Gasteiger partial charge is 0.324 e. The van der Waals surface area contributed by atoms with Gasteiger partial charge in [0.25, 0.3) is 0 Å². The van der Waals surface area contributed by atoms with Crippen LogP contribution in [0.25, 0.3) is 0 Å². The first-order valence-corrected chi connectivity index (χ1v) is 7.80. The number of piperazine rings is 1. The topological polar surface area (TPSA) is 32.5 Å². The maximum atomic E-state index is 13.2. The van der Waals surface area contributed by atoms with Gasteiger partial charge in [0.1, 0.15) is 11.6 Å². The van der Waals surface area contributed by atoms with Gasteiger partial charge < -0.3 is 10.6 Å². The van der Waals surface area contributed by atoms with E-state index in [2.05, 4.69) is 9.80 Å². The number of rotatable bonds is 4. The van der Waals surface area contributed by atoms with Crippen molar-refractivity contribution in [3.8, 4) is 0 Å². The van der Waals surface area contributed by atoms with Crippen molar-refractivity contribution in [2.45, 2.75) is 31.3 Å². The molecule has 0 amide bonds. The minimum atomic E-state index is -0.556. The maximum absolute atomic E-state index is 13.2. The van der Waals surface area contributed by atoms with E-state index in [9.17, 15) is 8.78 Å². The normalized spacial score (nSPS) is 25.0. The van der Waals surface area contributed by atoms with Gasteiger partial charge in [-0.15, -0.1) is 0 Å². The van der Waals surface area contributed by atoms with Crippen LogP contribution >= 0.6 is 0 Å². The second-order valence-corrected chi connectivity index (χ2v) is 6.23. The van der Waals surface area contributed by atoms with Crippen LogP contribution < -0.4 is 5.73 Å². The van der Waals surface area contributed by atoms with Crippen LogP contribution in [0.3, 0.4) is 0 Å². The third-order valence-electron chi connectivity index (χ3n) is 4.74. The fourth-order valence-corrected chi connectivity index (χ4v) is 3.54. The van der Waals surface area contributed by atoms with E-state index < -0.39 is 11.6 Å². The van der Waals surface area contributed by atoms with Crippen LogP contribution in [0.1, 0.15) is 30.9 Å². The van der Waals surface area contributed by atoms with Crippen LogP contribution in [0.5, 0.6) is 0 Å².